The lowest BCUT2D eigenvalue weighted by molar-refractivity contribution is -0.139. The van der Waals surface area contributed by atoms with Gasteiger partial charge >= 0.3 is 5.97 Å². The number of ether oxygens (including phenoxy) is 3. The Hall–Kier alpha value is -4.50. The number of carboxylic acids is 1. The lowest BCUT2D eigenvalue weighted by Crippen LogP contribution is -2.06. The highest BCUT2D eigenvalue weighted by Crippen LogP contribution is 2.61. The van der Waals surface area contributed by atoms with Crippen LogP contribution in [0.2, 0.25) is 0 Å². The van der Waals surface area contributed by atoms with Gasteiger partial charge in [-0.2, -0.15) is 0 Å². The first-order chi connectivity index (χ1) is 25.9. The lowest BCUT2D eigenvalue weighted by Gasteiger charge is -2.15. The van der Waals surface area contributed by atoms with Crippen LogP contribution in [0.4, 0.5) is 0 Å². The summed E-state index contributed by atoms with van der Waals surface area (Å²) in [7, 11) is 3.66. The Kier molecular flexibility index (Phi) is 15.6. The zero-order chi connectivity index (χ0) is 38.9. The van der Waals surface area contributed by atoms with E-state index in [0.717, 1.165) is 72.6 Å². The molecule has 2 aliphatic rings. The standard InChI is InChI=1S/C31H34N2O4.C14H20BrNO.CH4/c1-18-11-24(36-10-6-7-20(3)32-4)12-19(2)28(18)22-9-5-8-21(13-22)17-37-27-15-23-14-25-29(26(23)16-33-27)30(25)31(34)35;1-10-8-13(9-11(2)14(10)15)17-7-5-6-12(3)16-4;/h5,8-9,11-13,15-16,25,29-30H,6-7,10,14,17H2,1-4H3,(H,34,35);8-9H,5-7H2,1-4H3;1H4/t25-,29-,30+;;/m1../s1. The van der Waals surface area contributed by atoms with Gasteiger partial charge in [0.05, 0.1) is 19.1 Å². The fourth-order valence-corrected chi connectivity index (χ4v) is 7.60. The third-order valence-electron chi connectivity index (χ3n) is 10.5. The highest BCUT2D eigenvalue weighted by Gasteiger charge is 2.59. The summed E-state index contributed by atoms with van der Waals surface area (Å²) >= 11 is 3.55. The van der Waals surface area contributed by atoms with Crippen molar-refractivity contribution in [1.29, 1.82) is 0 Å². The Bertz CT molecular complexity index is 1980. The molecule has 8 nitrogen and oxygen atoms in total. The van der Waals surface area contributed by atoms with E-state index in [1.54, 1.807) is 0 Å². The third-order valence-corrected chi connectivity index (χ3v) is 11.7. The Labute approximate surface area is 336 Å². The average molecular weight is 813 g/mol. The van der Waals surface area contributed by atoms with E-state index in [1.165, 1.54) is 43.6 Å². The summed E-state index contributed by atoms with van der Waals surface area (Å²) in [5.74, 6) is 1.88. The van der Waals surface area contributed by atoms with E-state index in [2.05, 4.69) is 107 Å². The van der Waals surface area contributed by atoms with Crippen molar-refractivity contribution in [3.05, 3.63) is 104 Å². The number of carboxylic acid groups (broad SMARTS) is 1. The number of pyridine rings is 1. The molecular weight excluding hydrogens is 754 g/mol. The van der Waals surface area contributed by atoms with E-state index >= 15 is 0 Å². The van der Waals surface area contributed by atoms with E-state index in [9.17, 15) is 9.90 Å². The number of aromatic nitrogens is 1. The molecule has 0 spiro atoms. The summed E-state index contributed by atoms with van der Waals surface area (Å²) in [6, 6.07) is 18.8. The maximum absolute atomic E-state index is 11.3. The van der Waals surface area contributed by atoms with Crippen LogP contribution in [0.1, 0.15) is 91.8 Å². The van der Waals surface area contributed by atoms with Crippen molar-refractivity contribution >= 4 is 33.3 Å². The van der Waals surface area contributed by atoms with Crippen molar-refractivity contribution in [3.63, 3.8) is 0 Å². The molecule has 3 atom stereocenters. The summed E-state index contributed by atoms with van der Waals surface area (Å²) in [6.07, 6.45) is 6.53. The topological polar surface area (TPSA) is 103 Å². The van der Waals surface area contributed by atoms with Gasteiger partial charge in [0.1, 0.15) is 18.1 Å². The molecule has 0 saturated heterocycles. The second-order valence-electron chi connectivity index (χ2n) is 14.6. The maximum Gasteiger partial charge on any atom is 0.307 e. The summed E-state index contributed by atoms with van der Waals surface area (Å²) in [4.78, 5) is 24.1. The summed E-state index contributed by atoms with van der Waals surface area (Å²) < 4.78 is 19.0. The number of hydrogen-bond acceptors (Lipinski definition) is 7. The molecular formula is C46H58BrN3O5. The van der Waals surface area contributed by atoms with Crippen molar-refractivity contribution in [2.45, 2.75) is 93.6 Å². The van der Waals surface area contributed by atoms with Gasteiger partial charge in [0.25, 0.3) is 0 Å². The quantitative estimate of drug-likeness (QED) is 0.0947. The second-order valence-corrected chi connectivity index (χ2v) is 15.4. The predicted octanol–water partition coefficient (Wildman–Crippen LogP) is 11.1. The van der Waals surface area contributed by atoms with E-state index < -0.39 is 5.97 Å². The van der Waals surface area contributed by atoms with Crippen molar-refractivity contribution in [2.75, 3.05) is 27.3 Å². The number of rotatable bonds is 15. The maximum atomic E-state index is 11.3. The van der Waals surface area contributed by atoms with Crippen LogP contribution in [0.25, 0.3) is 11.1 Å². The van der Waals surface area contributed by atoms with E-state index in [4.69, 9.17) is 14.2 Å². The van der Waals surface area contributed by atoms with E-state index in [1.807, 2.05) is 40.2 Å². The molecule has 2 aliphatic carbocycles. The molecule has 294 valence electrons. The van der Waals surface area contributed by atoms with Crippen LogP contribution in [-0.2, 0) is 17.8 Å². The van der Waals surface area contributed by atoms with Crippen LogP contribution in [0.3, 0.4) is 0 Å². The van der Waals surface area contributed by atoms with Gasteiger partial charge in [-0.25, -0.2) is 4.98 Å². The SMILES string of the molecule is C.CN=C(C)CCCOc1cc(C)c(-c2cccc(COc3cc4c(cn3)[C@H]3[C@@H](C4)[C@@H]3C(=O)O)c2)c(C)c1.CN=C(C)CCCOc1cc(C)c(Br)c(C)c1. The summed E-state index contributed by atoms with van der Waals surface area (Å²) in [5.41, 5.74) is 12.8. The molecule has 1 aromatic heterocycles. The summed E-state index contributed by atoms with van der Waals surface area (Å²) in [6.45, 7) is 14.3. The van der Waals surface area contributed by atoms with Gasteiger partial charge in [-0.3, -0.25) is 14.8 Å². The highest BCUT2D eigenvalue weighted by molar-refractivity contribution is 9.10. The number of fused-ring (bicyclic) bond motifs is 3. The van der Waals surface area contributed by atoms with Crippen molar-refractivity contribution in [2.24, 2.45) is 21.8 Å². The average Bonchev–Trinajstić information content (AvgIpc) is 3.75. The van der Waals surface area contributed by atoms with E-state index in [-0.39, 0.29) is 25.2 Å². The van der Waals surface area contributed by atoms with Crippen molar-refractivity contribution in [1.82, 2.24) is 4.98 Å². The molecule has 0 aliphatic heterocycles. The molecule has 1 heterocycles. The van der Waals surface area contributed by atoms with Gasteiger partial charge in [0.15, 0.2) is 0 Å². The van der Waals surface area contributed by atoms with Crippen LogP contribution in [0.5, 0.6) is 17.4 Å². The smallest absolute Gasteiger partial charge is 0.307 e. The lowest BCUT2D eigenvalue weighted by atomic mass is 9.94. The van der Waals surface area contributed by atoms with Gasteiger partial charge in [-0.05, 0) is 160 Å². The fraction of sp³-hybridized carbons (Fsp3) is 0.435. The molecule has 6 rings (SSSR count). The molecule has 0 bridgehead atoms. The first-order valence-electron chi connectivity index (χ1n) is 18.8. The zero-order valence-electron chi connectivity index (χ0n) is 33.0. The molecule has 4 aromatic rings. The molecule has 9 heteroatoms. The zero-order valence-corrected chi connectivity index (χ0v) is 34.5. The Balaban J connectivity index is 0.000000316. The first-order valence-corrected chi connectivity index (χ1v) is 19.6. The number of aryl methyl sites for hydroxylation is 4. The third kappa shape index (κ3) is 11.3. The normalized spacial score (nSPS) is 16.9. The number of aliphatic imine (C=N–C) groups is 2. The highest BCUT2D eigenvalue weighted by atomic mass is 79.9. The van der Waals surface area contributed by atoms with Gasteiger partial charge < -0.3 is 19.3 Å². The molecule has 0 unspecified atom stereocenters. The monoisotopic (exact) mass is 811 g/mol. The molecule has 1 N–H and O–H groups in total. The summed E-state index contributed by atoms with van der Waals surface area (Å²) in [5, 5.41) is 9.32. The van der Waals surface area contributed by atoms with Gasteiger partial charge in [0.2, 0.25) is 5.88 Å². The Morgan fingerprint density at radius 2 is 1.40 bits per heavy atom. The minimum Gasteiger partial charge on any atom is -0.494 e. The number of hydrogen-bond donors (Lipinski definition) is 1. The number of carbonyl (C=O) groups is 1. The molecule has 55 heavy (non-hydrogen) atoms. The fourth-order valence-electron chi connectivity index (χ4n) is 7.37. The predicted molar refractivity (Wildman–Crippen MR) is 229 cm³/mol. The Morgan fingerprint density at radius 3 is 1.95 bits per heavy atom. The first kappa shape index (κ1) is 43.2. The van der Waals surface area contributed by atoms with Gasteiger partial charge in [-0.15, -0.1) is 0 Å². The van der Waals surface area contributed by atoms with Crippen LogP contribution < -0.4 is 14.2 Å². The molecule has 1 saturated carbocycles. The van der Waals surface area contributed by atoms with E-state index in [0.29, 0.717) is 19.1 Å². The van der Waals surface area contributed by atoms with Crippen molar-refractivity contribution in [3.8, 4) is 28.5 Å². The van der Waals surface area contributed by atoms with Crippen LogP contribution in [0.15, 0.2) is 75.3 Å². The van der Waals surface area contributed by atoms with Crippen molar-refractivity contribution < 1.29 is 24.1 Å². The van der Waals surface area contributed by atoms with Crippen LogP contribution in [-0.4, -0.2) is 54.8 Å². The van der Waals surface area contributed by atoms with Gasteiger partial charge in [-0.1, -0.05) is 41.6 Å². The van der Waals surface area contributed by atoms with Gasteiger partial charge in [0, 0.05) is 48.2 Å². The largest absolute Gasteiger partial charge is 0.494 e. The number of aliphatic carboxylic acids is 1. The second kappa shape index (κ2) is 19.9. The van der Waals surface area contributed by atoms with Crippen LogP contribution in [0, 0.1) is 39.5 Å². The number of benzene rings is 3. The molecule has 0 amide bonds. The molecule has 1 fully saturated rings. The minimum absolute atomic E-state index is 0. The number of nitrogens with zero attached hydrogens (tertiary/aromatic N) is 3. The molecule has 0 radical (unpaired) electrons. The number of halogens is 1. The Morgan fingerprint density at radius 1 is 0.836 bits per heavy atom. The molecule has 3 aromatic carbocycles. The minimum atomic E-state index is -0.693. The van der Waals surface area contributed by atoms with Crippen LogP contribution >= 0.6 is 15.9 Å².